The predicted octanol–water partition coefficient (Wildman–Crippen LogP) is 5.65. The zero-order valence-corrected chi connectivity index (χ0v) is 17.1. The molecule has 0 spiro atoms. The molecule has 1 saturated carbocycles. The maximum atomic E-state index is 6.44. The summed E-state index contributed by atoms with van der Waals surface area (Å²) >= 11 is 7.98. The van der Waals surface area contributed by atoms with Gasteiger partial charge in [-0.1, -0.05) is 53.5 Å². The highest BCUT2D eigenvalue weighted by Crippen LogP contribution is 2.38. The lowest BCUT2D eigenvalue weighted by Crippen LogP contribution is -2.08. The molecule has 0 aliphatic heterocycles. The molecule has 5 rings (SSSR count). The topological polar surface area (TPSA) is 82.8 Å². The Kier molecular flexibility index (Phi) is 5.12. The number of thioether (sulfide) groups is 1. The molecule has 148 valence electrons. The van der Waals surface area contributed by atoms with Crippen molar-refractivity contribution in [1.82, 2.24) is 24.9 Å². The first-order valence-electron chi connectivity index (χ1n) is 9.48. The van der Waals surface area contributed by atoms with Crippen LogP contribution >= 0.6 is 23.4 Å². The zero-order valence-electron chi connectivity index (χ0n) is 15.5. The van der Waals surface area contributed by atoms with Crippen LogP contribution in [-0.4, -0.2) is 24.9 Å². The number of aromatic nitrogens is 5. The molecule has 1 aromatic carbocycles. The summed E-state index contributed by atoms with van der Waals surface area (Å²) in [5.41, 5.74) is 0.901. The number of benzene rings is 1. The molecule has 1 fully saturated rings. The second kappa shape index (κ2) is 8.04. The van der Waals surface area contributed by atoms with Gasteiger partial charge in [-0.05, 0) is 37.1 Å². The van der Waals surface area contributed by atoms with Gasteiger partial charge in [-0.25, -0.2) is 0 Å². The van der Waals surface area contributed by atoms with Crippen molar-refractivity contribution in [3.05, 3.63) is 53.6 Å². The molecule has 0 saturated heterocycles. The number of halogens is 1. The third-order valence-corrected chi connectivity index (χ3v) is 6.26. The summed E-state index contributed by atoms with van der Waals surface area (Å²) in [7, 11) is 0. The Labute approximate surface area is 176 Å². The summed E-state index contributed by atoms with van der Waals surface area (Å²) in [6.07, 6.45) is 6.25. The second-order valence-corrected chi connectivity index (χ2v) is 8.22. The molecule has 0 bridgehead atoms. The fraction of sp³-hybridized carbons (Fsp3) is 0.300. The maximum Gasteiger partial charge on any atom is 0.238 e. The van der Waals surface area contributed by atoms with E-state index >= 15 is 0 Å². The fourth-order valence-corrected chi connectivity index (χ4v) is 4.70. The monoisotopic (exact) mass is 427 g/mol. The van der Waals surface area contributed by atoms with Crippen molar-refractivity contribution in [2.45, 2.75) is 42.6 Å². The number of hydrogen-bond donors (Lipinski definition) is 0. The Bertz CT molecular complexity index is 1100. The maximum absolute atomic E-state index is 6.44. The van der Waals surface area contributed by atoms with Crippen LogP contribution in [0.25, 0.3) is 23.0 Å². The van der Waals surface area contributed by atoms with Crippen molar-refractivity contribution in [2.75, 3.05) is 0 Å². The van der Waals surface area contributed by atoms with Crippen LogP contribution in [0, 0.1) is 0 Å². The molecule has 7 nitrogen and oxygen atoms in total. The van der Waals surface area contributed by atoms with Crippen LogP contribution < -0.4 is 0 Å². The van der Waals surface area contributed by atoms with E-state index in [2.05, 4.69) is 24.9 Å². The van der Waals surface area contributed by atoms with E-state index in [9.17, 15) is 0 Å². The lowest BCUT2D eigenvalue weighted by atomic mass is 10.2. The van der Waals surface area contributed by atoms with Gasteiger partial charge in [0.1, 0.15) is 0 Å². The lowest BCUT2D eigenvalue weighted by Gasteiger charge is -2.17. The molecule has 1 aliphatic rings. The average molecular weight is 428 g/mol. The summed E-state index contributed by atoms with van der Waals surface area (Å²) in [6, 6.07) is 11.7. The van der Waals surface area contributed by atoms with E-state index in [0.717, 1.165) is 29.4 Å². The van der Waals surface area contributed by atoms with E-state index in [1.807, 2.05) is 24.3 Å². The van der Waals surface area contributed by atoms with E-state index in [1.165, 1.54) is 24.6 Å². The van der Waals surface area contributed by atoms with Crippen molar-refractivity contribution in [3.63, 3.8) is 0 Å². The Morgan fingerprint density at radius 3 is 2.76 bits per heavy atom. The molecule has 0 N–H and O–H groups in total. The smallest absolute Gasteiger partial charge is 0.238 e. The number of hydrogen-bond acceptors (Lipinski definition) is 7. The minimum absolute atomic E-state index is 0.375. The van der Waals surface area contributed by atoms with E-state index < -0.39 is 0 Å². The molecular formula is C20H18ClN5O2S. The van der Waals surface area contributed by atoms with Gasteiger partial charge in [0, 0.05) is 11.6 Å². The van der Waals surface area contributed by atoms with Gasteiger partial charge in [-0.15, -0.1) is 10.2 Å². The van der Waals surface area contributed by atoms with Gasteiger partial charge >= 0.3 is 0 Å². The SMILES string of the molecule is Clc1ccccc1-c1nnc(SCc2nc(-c3ccco3)no2)n1C1CCCC1. The van der Waals surface area contributed by atoms with E-state index in [4.69, 9.17) is 20.5 Å². The van der Waals surface area contributed by atoms with Gasteiger partial charge in [-0.2, -0.15) is 4.98 Å². The summed E-state index contributed by atoms with van der Waals surface area (Å²) in [5.74, 6) is 2.86. The fourth-order valence-electron chi connectivity index (χ4n) is 3.64. The molecule has 9 heteroatoms. The van der Waals surface area contributed by atoms with Gasteiger partial charge in [0.25, 0.3) is 0 Å². The largest absolute Gasteiger partial charge is 0.461 e. The van der Waals surface area contributed by atoms with Crippen LogP contribution in [-0.2, 0) is 5.75 Å². The van der Waals surface area contributed by atoms with Crippen molar-refractivity contribution < 1.29 is 8.94 Å². The van der Waals surface area contributed by atoms with Crippen molar-refractivity contribution in [1.29, 1.82) is 0 Å². The summed E-state index contributed by atoms with van der Waals surface area (Å²) in [6.45, 7) is 0. The highest BCUT2D eigenvalue weighted by Gasteiger charge is 2.26. The van der Waals surface area contributed by atoms with Crippen LogP contribution in [0.4, 0.5) is 0 Å². The van der Waals surface area contributed by atoms with E-state index in [0.29, 0.717) is 34.3 Å². The van der Waals surface area contributed by atoms with Crippen molar-refractivity contribution in [2.24, 2.45) is 0 Å². The third kappa shape index (κ3) is 3.70. The van der Waals surface area contributed by atoms with Gasteiger partial charge in [0.2, 0.25) is 11.7 Å². The van der Waals surface area contributed by atoms with Gasteiger partial charge in [0.05, 0.1) is 17.0 Å². The first kappa shape index (κ1) is 18.4. The van der Waals surface area contributed by atoms with E-state index in [-0.39, 0.29) is 0 Å². The zero-order chi connectivity index (χ0) is 19.6. The average Bonchev–Trinajstić information content (AvgIpc) is 3.54. The van der Waals surface area contributed by atoms with Crippen LogP contribution in [0.5, 0.6) is 0 Å². The van der Waals surface area contributed by atoms with Crippen LogP contribution in [0.2, 0.25) is 5.02 Å². The van der Waals surface area contributed by atoms with Crippen molar-refractivity contribution in [3.8, 4) is 23.0 Å². The lowest BCUT2D eigenvalue weighted by molar-refractivity contribution is 0.390. The highest BCUT2D eigenvalue weighted by molar-refractivity contribution is 7.98. The van der Waals surface area contributed by atoms with E-state index in [1.54, 1.807) is 18.4 Å². The van der Waals surface area contributed by atoms with Crippen LogP contribution in [0.3, 0.4) is 0 Å². The van der Waals surface area contributed by atoms with Gasteiger partial charge in [-0.3, -0.25) is 4.57 Å². The molecule has 0 unspecified atom stereocenters. The predicted molar refractivity (Wildman–Crippen MR) is 110 cm³/mol. The molecule has 0 atom stereocenters. The Morgan fingerprint density at radius 1 is 1.10 bits per heavy atom. The highest BCUT2D eigenvalue weighted by atomic mass is 35.5. The normalized spacial score (nSPS) is 14.7. The quantitative estimate of drug-likeness (QED) is 0.367. The molecule has 29 heavy (non-hydrogen) atoms. The Hall–Kier alpha value is -2.58. The Balaban J connectivity index is 1.42. The first-order valence-corrected chi connectivity index (χ1v) is 10.8. The minimum Gasteiger partial charge on any atom is -0.461 e. The molecule has 3 heterocycles. The van der Waals surface area contributed by atoms with Crippen LogP contribution in [0.15, 0.2) is 56.8 Å². The standard InChI is InChI=1S/C20H18ClN5O2S/c21-15-9-4-3-8-14(15)19-23-24-20(26(19)13-6-1-2-7-13)29-12-17-22-18(25-28-17)16-10-5-11-27-16/h3-5,8-11,13H,1-2,6-7,12H2. The summed E-state index contributed by atoms with van der Waals surface area (Å²) in [5, 5.41) is 14.4. The van der Waals surface area contributed by atoms with Crippen molar-refractivity contribution >= 4 is 23.4 Å². The Morgan fingerprint density at radius 2 is 1.97 bits per heavy atom. The first-order chi connectivity index (χ1) is 14.3. The summed E-state index contributed by atoms with van der Waals surface area (Å²) in [4.78, 5) is 4.40. The third-order valence-electron chi connectivity index (χ3n) is 5.00. The van der Waals surface area contributed by atoms with Gasteiger partial charge < -0.3 is 8.94 Å². The molecule has 1 aliphatic carbocycles. The molecule has 3 aromatic heterocycles. The van der Waals surface area contributed by atoms with Gasteiger partial charge in [0.15, 0.2) is 16.7 Å². The summed E-state index contributed by atoms with van der Waals surface area (Å²) < 4.78 is 12.9. The minimum atomic E-state index is 0.375. The second-order valence-electron chi connectivity index (χ2n) is 6.87. The molecule has 4 aromatic rings. The van der Waals surface area contributed by atoms with Crippen LogP contribution in [0.1, 0.15) is 37.6 Å². The molecule has 0 amide bonds. The number of nitrogens with zero attached hydrogens (tertiary/aromatic N) is 5. The number of furan rings is 1. The number of rotatable bonds is 6. The molecular weight excluding hydrogens is 410 g/mol. The molecule has 0 radical (unpaired) electrons.